The topological polar surface area (TPSA) is 50.9 Å². The van der Waals surface area contributed by atoms with Gasteiger partial charge >= 0.3 is 6.18 Å². The first-order valence-corrected chi connectivity index (χ1v) is 21.2. The number of alkyl halides is 3. The van der Waals surface area contributed by atoms with Gasteiger partial charge in [-0.25, -0.2) is 4.98 Å². The van der Waals surface area contributed by atoms with E-state index < -0.39 is 11.7 Å². The van der Waals surface area contributed by atoms with Crippen molar-refractivity contribution in [1.82, 2.24) is 14.5 Å². The normalized spacial score (nSPS) is 12.1. The van der Waals surface area contributed by atoms with Crippen molar-refractivity contribution in [1.29, 1.82) is 0 Å². The Kier molecular flexibility index (Phi) is 11.8. The molecule has 0 aliphatic heterocycles. The molecule has 0 aliphatic rings. The number of nitrogens with zero attached hydrogens (tertiary/aromatic N) is 3. The SMILES string of the molecule is CC(C)(C)c1ccc(-n2c(-c3cc(C(C)(C)C)ccc3O)nc3c(-c4[c-]c(-c5cccc6c(Cc7ccccc7)ccnc56)cc(-c5ccccc5)c4)cc(C(F)(F)F)cc32)cc1.[Pt]. The molecule has 0 aliphatic carbocycles. The number of halogens is 3. The zero-order valence-corrected chi connectivity index (χ0v) is 38.7. The standard InChI is InChI=1S/C56H47F3N3O.Pt/c1-54(2,3)41-20-23-44(24-21-41)62-49-34-43(56(57,58)59)33-47(52(49)61-53(62)48-32-42(55(4,5)6)22-25-50(48)63)40-30-38(36-16-11-8-12-17-36)29-39(31-40)46-19-13-18-45-37(26-27-60-51(45)46)28-35-14-9-7-10-15-35;/h7-27,29-30,32-34,63H,28H2,1-6H3;/q-1;. The minimum Gasteiger partial charge on any atom is -0.507 e. The Morgan fingerprint density at radius 3 is 1.86 bits per heavy atom. The van der Waals surface area contributed by atoms with E-state index in [0.29, 0.717) is 40.1 Å². The van der Waals surface area contributed by atoms with Crippen molar-refractivity contribution < 1.29 is 39.3 Å². The zero-order valence-electron chi connectivity index (χ0n) is 36.5. The molecule has 0 spiro atoms. The second-order valence-corrected chi connectivity index (χ2v) is 18.3. The van der Waals surface area contributed by atoms with Gasteiger partial charge in [0, 0.05) is 38.5 Å². The fourth-order valence-electron chi connectivity index (χ4n) is 8.36. The predicted octanol–water partition coefficient (Wildman–Crippen LogP) is 14.9. The molecule has 0 fully saturated rings. The molecule has 0 saturated carbocycles. The number of pyridine rings is 1. The molecule has 0 amide bonds. The number of fused-ring (bicyclic) bond motifs is 2. The first-order valence-electron chi connectivity index (χ1n) is 21.2. The number of hydrogen-bond acceptors (Lipinski definition) is 3. The van der Waals surface area contributed by atoms with Crippen LogP contribution in [0.2, 0.25) is 0 Å². The number of phenolic OH excluding ortho intramolecular Hbond substituents is 1. The Labute approximate surface area is 386 Å². The molecule has 2 heterocycles. The maximum atomic E-state index is 15.3. The van der Waals surface area contributed by atoms with Crippen molar-refractivity contribution >= 4 is 21.9 Å². The third kappa shape index (κ3) is 8.66. The van der Waals surface area contributed by atoms with Gasteiger partial charge in [0.05, 0.1) is 22.2 Å². The number of benzene rings is 7. The Balaban J connectivity index is 0.00000560. The number of imidazole rings is 1. The zero-order chi connectivity index (χ0) is 44.3. The number of phenols is 1. The van der Waals surface area contributed by atoms with E-state index in [1.165, 1.54) is 17.7 Å². The largest absolute Gasteiger partial charge is 0.507 e. The molecule has 0 saturated heterocycles. The fraction of sp³-hybridized carbons (Fsp3) is 0.179. The fourth-order valence-corrected chi connectivity index (χ4v) is 8.36. The van der Waals surface area contributed by atoms with Gasteiger partial charge in [-0.05, 0) is 86.9 Å². The summed E-state index contributed by atoms with van der Waals surface area (Å²) in [6.07, 6.45) is -2.17. The van der Waals surface area contributed by atoms with E-state index in [2.05, 4.69) is 65.8 Å². The maximum absolute atomic E-state index is 15.3. The smallest absolute Gasteiger partial charge is 0.415 e. The van der Waals surface area contributed by atoms with E-state index in [4.69, 9.17) is 9.97 Å². The average Bonchev–Trinajstić information content (AvgIpc) is 3.65. The van der Waals surface area contributed by atoms with Crippen LogP contribution >= 0.6 is 0 Å². The van der Waals surface area contributed by atoms with Gasteiger partial charge < -0.3 is 5.11 Å². The molecule has 0 unspecified atom stereocenters. The van der Waals surface area contributed by atoms with Crippen LogP contribution < -0.4 is 0 Å². The predicted molar refractivity (Wildman–Crippen MR) is 250 cm³/mol. The van der Waals surface area contributed by atoms with Crippen LogP contribution in [-0.2, 0) is 44.5 Å². The Morgan fingerprint density at radius 2 is 1.20 bits per heavy atom. The minimum absolute atomic E-state index is 0. The molecule has 7 aromatic carbocycles. The molecule has 0 radical (unpaired) electrons. The van der Waals surface area contributed by atoms with Crippen molar-refractivity contribution in [3.8, 4) is 56.2 Å². The summed E-state index contributed by atoms with van der Waals surface area (Å²) in [7, 11) is 0. The van der Waals surface area contributed by atoms with E-state index in [1.807, 2.05) is 121 Å². The number of hydrogen-bond donors (Lipinski definition) is 1. The molecular weight excluding hydrogens is 983 g/mol. The van der Waals surface area contributed by atoms with Gasteiger partial charge in [-0.1, -0.05) is 161 Å². The van der Waals surface area contributed by atoms with Crippen molar-refractivity contribution in [2.75, 3.05) is 0 Å². The van der Waals surface area contributed by atoms with Crippen LogP contribution in [0.3, 0.4) is 0 Å². The summed E-state index contributed by atoms with van der Waals surface area (Å²) in [5.41, 5.74) is 9.28. The number of rotatable bonds is 7. The summed E-state index contributed by atoms with van der Waals surface area (Å²) in [4.78, 5) is 10.1. The van der Waals surface area contributed by atoms with Crippen LogP contribution in [0.1, 0.15) is 69.4 Å². The van der Waals surface area contributed by atoms with E-state index in [1.54, 1.807) is 10.6 Å². The number of para-hydroxylation sites is 1. The minimum atomic E-state index is -4.70. The quantitative estimate of drug-likeness (QED) is 0.162. The Hall–Kier alpha value is -6.30. The molecule has 1 N–H and O–H groups in total. The summed E-state index contributed by atoms with van der Waals surface area (Å²) in [5, 5.41) is 12.5. The van der Waals surface area contributed by atoms with E-state index >= 15 is 13.2 Å². The second kappa shape index (κ2) is 17.0. The molecular formula is C56H47F3N3OPt-. The first-order chi connectivity index (χ1) is 30.0. The van der Waals surface area contributed by atoms with Gasteiger partial charge in [-0.3, -0.25) is 9.55 Å². The molecule has 324 valence electrons. The van der Waals surface area contributed by atoms with Gasteiger partial charge in [0.15, 0.2) is 0 Å². The van der Waals surface area contributed by atoms with Crippen LogP contribution in [0.25, 0.3) is 72.4 Å². The molecule has 4 nitrogen and oxygen atoms in total. The third-order valence-corrected chi connectivity index (χ3v) is 11.8. The first kappa shape index (κ1) is 44.3. The van der Waals surface area contributed by atoms with Crippen LogP contribution in [-0.4, -0.2) is 19.6 Å². The van der Waals surface area contributed by atoms with Gasteiger partial charge in [0.1, 0.15) is 11.6 Å². The Bertz CT molecular complexity index is 3140. The summed E-state index contributed by atoms with van der Waals surface area (Å²) in [6, 6.07) is 51.2. The van der Waals surface area contributed by atoms with Gasteiger partial charge in [0.2, 0.25) is 0 Å². The van der Waals surface area contributed by atoms with E-state index in [9.17, 15) is 5.11 Å². The van der Waals surface area contributed by atoms with E-state index in [-0.39, 0.29) is 48.7 Å². The summed E-state index contributed by atoms with van der Waals surface area (Å²) >= 11 is 0. The molecule has 8 heteroatoms. The number of aromatic hydroxyl groups is 1. The van der Waals surface area contributed by atoms with Gasteiger partial charge in [-0.2, -0.15) is 13.2 Å². The summed E-state index contributed by atoms with van der Waals surface area (Å²) < 4.78 is 47.6. The van der Waals surface area contributed by atoms with Crippen molar-refractivity contribution in [2.45, 2.75) is 65.0 Å². The third-order valence-electron chi connectivity index (χ3n) is 11.8. The molecule has 64 heavy (non-hydrogen) atoms. The second-order valence-electron chi connectivity index (χ2n) is 18.3. The van der Waals surface area contributed by atoms with Crippen LogP contribution in [0.4, 0.5) is 13.2 Å². The molecule has 0 atom stereocenters. The molecule has 9 rings (SSSR count). The average molecular weight is 1030 g/mol. The molecule has 2 aromatic heterocycles. The van der Waals surface area contributed by atoms with E-state index in [0.717, 1.165) is 44.3 Å². The number of aromatic nitrogens is 3. The van der Waals surface area contributed by atoms with Crippen LogP contribution in [0, 0.1) is 6.07 Å². The van der Waals surface area contributed by atoms with Gasteiger partial charge in [0.25, 0.3) is 0 Å². The molecule has 9 aromatic rings. The monoisotopic (exact) mass is 1030 g/mol. The van der Waals surface area contributed by atoms with Crippen molar-refractivity contribution in [2.24, 2.45) is 0 Å². The van der Waals surface area contributed by atoms with Crippen LogP contribution in [0.5, 0.6) is 5.75 Å². The maximum Gasteiger partial charge on any atom is 0.415 e. The van der Waals surface area contributed by atoms with Crippen molar-refractivity contribution in [3.05, 3.63) is 192 Å². The van der Waals surface area contributed by atoms with Crippen molar-refractivity contribution in [3.63, 3.8) is 0 Å². The van der Waals surface area contributed by atoms with Gasteiger partial charge in [-0.15, -0.1) is 29.3 Å². The van der Waals surface area contributed by atoms with Crippen LogP contribution in [0.15, 0.2) is 158 Å². The summed E-state index contributed by atoms with van der Waals surface area (Å²) in [6.45, 7) is 12.6. The Morgan fingerprint density at radius 1 is 0.578 bits per heavy atom. The summed E-state index contributed by atoms with van der Waals surface area (Å²) in [5.74, 6) is 0.291. The molecule has 0 bridgehead atoms.